The van der Waals surface area contributed by atoms with E-state index in [1.807, 2.05) is 71.0 Å². The highest BCUT2D eigenvalue weighted by Crippen LogP contribution is 2.63. The van der Waals surface area contributed by atoms with Crippen LogP contribution in [0.1, 0.15) is 108 Å². The van der Waals surface area contributed by atoms with E-state index < -0.39 is 54.6 Å². The molecule has 5 rings (SSSR count). The summed E-state index contributed by atoms with van der Waals surface area (Å²) in [5.74, 6) is -1.83. The number of anilines is 1. The Balaban J connectivity index is 1.81. The van der Waals surface area contributed by atoms with Gasteiger partial charge >= 0.3 is 6.16 Å². The molecule has 13 heteroatoms. The first-order valence-electron chi connectivity index (χ1n) is 18.2. The highest BCUT2D eigenvalue weighted by molar-refractivity contribution is 6.74. The fraction of sp³-hybridized carbons (Fsp3) is 0.641. The molecular weight excluding hydrogens is 683 g/mol. The third kappa shape index (κ3) is 6.46. The van der Waals surface area contributed by atoms with Gasteiger partial charge in [0, 0.05) is 36.7 Å². The molecule has 286 valence electrons. The molecule has 4 atom stereocenters. The van der Waals surface area contributed by atoms with Crippen molar-refractivity contribution in [2.24, 2.45) is 11.3 Å². The summed E-state index contributed by atoms with van der Waals surface area (Å²) in [6.07, 6.45) is 1.26. The maximum Gasteiger partial charge on any atom is 0.514 e. The number of Topliss-reactive ketones (excluding diaryl/α,β-unsaturated/α-hetero) is 2. The zero-order valence-electron chi connectivity index (χ0n) is 33.4. The van der Waals surface area contributed by atoms with Crippen LogP contribution in [0, 0.1) is 11.3 Å². The second-order valence-corrected chi connectivity index (χ2v) is 22.5. The van der Waals surface area contributed by atoms with Gasteiger partial charge < -0.3 is 33.2 Å². The molecule has 0 unspecified atom stereocenters. The number of carbonyl (C=O) groups excluding carboxylic acids is 3. The van der Waals surface area contributed by atoms with Crippen LogP contribution in [0.3, 0.4) is 0 Å². The molecule has 1 aromatic heterocycles. The number of fused-ring (bicyclic) bond motifs is 4. The Morgan fingerprint density at radius 2 is 1.71 bits per heavy atom. The van der Waals surface area contributed by atoms with E-state index in [1.165, 1.54) is 0 Å². The predicted octanol–water partition coefficient (Wildman–Crippen LogP) is 7.91. The Labute approximate surface area is 308 Å². The number of unbranched alkanes of at least 4 members (excludes halogenated alkanes) is 1. The Morgan fingerprint density at radius 3 is 2.27 bits per heavy atom. The number of hydrogen-bond donors (Lipinski definition) is 1. The maximum atomic E-state index is 15.8. The number of aliphatic hydroxyl groups excluding tert-OH is 1. The van der Waals surface area contributed by atoms with Gasteiger partial charge in [0.1, 0.15) is 22.7 Å². The molecule has 0 amide bonds. The van der Waals surface area contributed by atoms with Gasteiger partial charge in [0.15, 0.2) is 19.7 Å². The summed E-state index contributed by atoms with van der Waals surface area (Å²) >= 11 is 0. The summed E-state index contributed by atoms with van der Waals surface area (Å²) in [6, 6.07) is 2.82. The first-order chi connectivity index (χ1) is 23.9. The van der Waals surface area contributed by atoms with Gasteiger partial charge in [-0.25, -0.2) is 4.79 Å². The number of rotatable bonds is 9. The molecule has 3 aliphatic carbocycles. The number of aliphatic hydroxyl groups is 1. The van der Waals surface area contributed by atoms with Crippen molar-refractivity contribution in [1.82, 2.24) is 10.1 Å². The topological polar surface area (TPSA) is 141 Å². The van der Waals surface area contributed by atoms with Crippen molar-refractivity contribution in [3.8, 4) is 11.6 Å². The summed E-state index contributed by atoms with van der Waals surface area (Å²) in [4.78, 5) is 48.0. The number of hydrogen-bond acceptors (Lipinski definition) is 12. The Kier molecular flexibility index (Phi) is 10.1. The number of ether oxygens (including phenoxy) is 3. The standard InChI is InChI=1S/C39H57N3O9Si/c1-15-16-19-47-34-27-31(50-40-34)29(42(11)12)23-21-38(8)20-22-24(41(9)10)17-18-25(48-35(46)49-36(2,3)4)26(22)30(43)28(38)33(45)39(23,32(27)44)51-52(13,14)37(5,6)7/h17-18,23,29,43H,15-16,19-21H2,1-14H3/t23-,29-,38-,39+/m0/s1. The zero-order valence-corrected chi connectivity index (χ0v) is 34.4. The molecule has 1 N–H and O–H groups in total. The van der Waals surface area contributed by atoms with E-state index in [0.717, 1.165) is 18.5 Å². The molecule has 0 spiro atoms. The molecule has 1 heterocycles. The Hall–Kier alpha value is -3.68. The molecule has 1 aromatic carbocycles. The molecule has 0 saturated heterocycles. The second kappa shape index (κ2) is 13.3. The third-order valence-electron chi connectivity index (χ3n) is 11.1. The van der Waals surface area contributed by atoms with Crippen molar-refractivity contribution in [1.29, 1.82) is 0 Å². The highest BCUT2D eigenvalue weighted by Gasteiger charge is 2.70. The number of aromatic nitrogens is 1. The average Bonchev–Trinajstić information content (AvgIpc) is 3.39. The molecule has 0 aliphatic heterocycles. The predicted molar refractivity (Wildman–Crippen MR) is 201 cm³/mol. The maximum absolute atomic E-state index is 15.8. The lowest BCUT2D eigenvalue weighted by atomic mass is 9.52. The summed E-state index contributed by atoms with van der Waals surface area (Å²) in [6.45, 7) is 19.7. The van der Waals surface area contributed by atoms with E-state index in [-0.39, 0.29) is 45.5 Å². The van der Waals surface area contributed by atoms with E-state index in [0.29, 0.717) is 24.4 Å². The fourth-order valence-electron chi connectivity index (χ4n) is 7.75. The molecule has 0 radical (unpaired) electrons. The normalized spacial score (nSPS) is 24.6. The van der Waals surface area contributed by atoms with Crippen LogP contribution < -0.4 is 14.4 Å². The van der Waals surface area contributed by atoms with Crippen molar-refractivity contribution in [2.45, 2.75) is 116 Å². The van der Waals surface area contributed by atoms with E-state index in [4.69, 9.17) is 23.2 Å². The van der Waals surface area contributed by atoms with Crippen LogP contribution in [0.2, 0.25) is 18.1 Å². The van der Waals surface area contributed by atoms with Crippen molar-refractivity contribution in [3.63, 3.8) is 0 Å². The fourth-order valence-corrected chi connectivity index (χ4v) is 9.20. The third-order valence-corrected chi connectivity index (χ3v) is 15.6. The molecule has 1 saturated carbocycles. The largest absolute Gasteiger partial charge is 0.514 e. The van der Waals surface area contributed by atoms with E-state index >= 15 is 9.59 Å². The van der Waals surface area contributed by atoms with Gasteiger partial charge in [0.2, 0.25) is 11.6 Å². The number of nitrogens with zero attached hydrogens (tertiary/aromatic N) is 3. The minimum Gasteiger partial charge on any atom is -0.507 e. The quantitative estimate of drug-likeness (QED) is 0.0878. The summed E-state index contributed by atoms with van der Waals surface area (Å²) in [5.41, 5.74) is -1.95. The molecule has 1 fully saturated rings. The minimum atomic E-state index is -2.91. The number of ketones is 2. The van der Waals surface area contributed by atoms with Crippen molar-refractivity contribution < 1.29 is 42.6 Å². The van der Waals surface area contributed by atoms with Gasteiger partial charge in [-0.05, 0) is 95.1 Å². The number of benzene rings is 1. The SMILES string of the molecule is CCCCOc1noc2c1C(=O)[C@@]1(O[Si](C)(C)C(C)(C)C)C(=O)C3=C(O)c4c(OC(=O)OC(C)(C)C)ccc(N(C)C)c4C[C@@]3(C)C[C@H]1[C@@H]2N(C)C. The molecule has 52 heavy (non-hydrogen) atoms. The van der Waals surface area contributed by atoms with E-state index in [9.17, 15) is 9.90 Å². The first-order valence-corrected chi connectivity index (χ1v) is 21.1. The summed E-state index contributed by atoms with van der Waals surface area (Å²) in [5, 5.41) is 16.3. The molecule has 3 aliphatic rings. The van der Waals surface area contributed by atoms with Gasteiger partial charge in [-0.3, -0.25) is 14.5 Å². The summed E-state index contributed by atoms with van der Waals surface area (Å²) < 4.78 is 30.4. The highest BCUT2D eigenvalue weighted by atomic mass is 28.4. The zero-order chi connectivity index (χ0) is 38.9. The van der Waals surface area contributed by atoms with Crippen molar-refractivity contribution in [3.05, 3.63) is 40.2 Å². The van der Waals surface area contributed by atoms with Gasteiger partial charge in [-0.1, -0.05) is 41.0 Å². The van der Waals surface area contributed by atoms with Gasteiger partial charge in [0.25, 0.3) is 5.88 Å². The second-order valence-electron chi connectivity index (χ2n) is 17.8. The van der Waals surface area contributed by atoms with E-state index in [2.05, 4.69) is 25.9 Å². The van der Waals surface area contributed by atoms with Crippen LogP contribution in [0.25, 0.3) is 5.76 Å². The monoisotopic (exact) mass is 739 g/mol. The van der Waals surface area contributed by atoms with Crippen LogP contribution in [-0.4, -0.2) is 87.2 Å². The van der Waals surface area contributed by atoms with Gasteiger partial charge in [0.05, 0.1) is 18.2 Å². The molecule has 12 nitrogen and oxygen atoms in total. The minimum absolute atomic E-state index is 0.0361. The van der Waals surface area contributed by atoms with Crippen molar-refractivity contribution >= 4 is 37.5 Å². The van der Waals surface area contributed by atoms with Crippen LogP contribution in [0.4, 0.5) is 10.5 Å². The smallest absolute Gasteiger partial charge is 0.507 e. The lowest BCUT2D eigenvalue weighted by Crippen LogP contribution is -2.69. The lowest BCUT2D eigenvalue weighted by molar-refractivity contribution is -0.143. The average molecular weight is 740 g/mol. The van der Waals surface area contributed by atoms with Gasteiger partial charge in [-0.2, -0.15) is 0 Å². The molecular formula is C39H57N3O9Si. The van der Waals surface area contributed by atoms with Crippen LogP contribution in [0.15, 0.2) is 22.2 Å². The Morgan fingerprint density at radius 1 is 1.06 bits per heavy atom. The number of carbonyl (C=O) groups is 3. The van der Waals surface area contributed by atoms with Crippen LogP contribution >= 0.6 is 0 Å². The Bertz CT molecular complexity index is 1800. The van der Waals surface area contributed by atoms with Crippen LogP contribution in [0.5, 0.6) is 11.6 Å². The van der Waals surface area contributed by atoms with Gasteiger partial charge in [-0.15, -0.1) is 0 Å². The summed E-state index contributed by atoms with van der Waals surface area (Å²) in [7, 11) is 4.64. The van der Waals surface area contributed by atoms with Crippen molar-refractivity contribution in [2.75, 3.05) is 39.7 Å². The van der Waals surface area contributed by atoms with Crippen LogP contribution in [-0.2, 0) is 20.4 Å². The molecule has 2 aromatic rings. The first kappa shape index (κ1) is 39.5. The van der Waals surface area contributed by atoms with E-state index in [1.54, 1.807) is 26.8 Å². The lowest BCUT2D eigenvalue weighted by Gasteiger charge is -2.57. The molecule has 0 bridgehead atoms.